The van der Waals surface area contributed by atoms with Gasteiger partial charge in [0.1, 0.15) is 0 Å². The number of nitrogens with two attached hydrogens (primary N) is 2. The third-order valence-electron chi connectivity index (χ3n) is 2.06. The van der Waals surface area contributed by atoms with Gasteiger partial charge in [-0.25, -0.2) is 0 Å². The summed E-state index contributed by atoms with van der Waals surface area (Å²) in [6, 6.07) is 0. The van der Waals surface area contributed by atoms with Crippen molar-refractivity contribution in [3.05, 3.63) is 0 Å². The zero-order valence-electron chi connectivity index (χ0n) is 7.16. The fourth-order valence-corrected chi connectivity index (χ4v) is 1.33. The molecule has 0 radical (unpaired) electrons. The number of likely N-dealkylation sites (N-methyl/N-ethyl adjacent to an activating group) is 1. The second-order valence-electron chi connectivity index (χ2n) is 3.27. The van der Waals surface area contributed by atoms with Gasteiger partial charge in [0.05, 0.1) is 6.17 Å². The summed E-state index contributed by atoms with van der Waals surface area (Å²) in [5, 5.41) is 0. The van der Waals surface area contributed by atoms with Crippen molar-refractivity contribution in [2.45, 2.75) is 6.17 Å². The molecule has 0 aliphatic carbocycles. The normalized spacial score (nSPS) is 22.9. The molecule has 0 aromatic carbocycles. The van der Waals surface area contributed by atoms with Crippen molar-refractivity contribution in [3.63, 3.8) is 0 Å². The predicted molar refractivity (Wildman–Crippen MR) is 46.1 cm³/mol. The van der Waals surface area contributed by atoms with Crippen LogP contribution in [0.15, 0.2) is 0 Å². The van der Waals surface area contributed by atoms with Crippen molar-refractivity contribution in [1.82, 2.24) is 9.80 Å². The van der Waals surface area contributed by atoms with E-state index >= 15 is 0 Å². The van der Waals surface area contributed by atoms with Crippen LogP contribution in [0.2, 0.25) is 0 Å². The van der Waals surface area contributed by atoms with Crippen molar-refractivity contribution in [1.29, 1.82) is 0 Å². The van der Waals surface area contributed by atoms with Crippen LogP contribution >= 0.6 is 0 Å². The molecule has 0 aromatic heterocycles. The number of hydrogen-bond acceptors (Lipinski definition) is 4. The minimum atomic E-state index is -0.182. The Kier molecular flexibility index (Phi) is 3.26. The summed E-state index contributed by atoms with van der Waals surface area (Å²) in [7, 11) is 2.14. The molecule has 1 heterocycles. The van der Waals surface area contributed by atoms with E-state index in [4.69, 9.17) is 11.5 Å². The van der Waals surface area contributed by atoms with Crippen molar-refractivity contribution >= 4 is 0 Å². The van der Waals surface area contributed by atoms with E-state index in [9.17, 15) is 0 Å². The number of hydrogen-bond donors (Lipinski definition) is 2. The second-order valence-corrected chi connectivity index (χ2v) is 3.27. The molecule has 0 saturated carbocycles. The molecule has 0 bridgehead atoms. The van der Waals surface area contributed by atoms with Gasteiger partial charge in [0.15, 0.2) is 0 Å². The smallest absolute Gasteiger partial charge is 0.0652 e. The zero-order chi connectivity index (χ0) is 8.27. The van der Waals surface area contributed by atoms with Gasteiger partial charge in [0.2, 0.25) is 0 Å². The molecule has 0 atom stereocenters. The summed E-state index contributed by atoms with van der Waals surface area (Å²) >= 11 is 0. The van der Waals surface area contributed by atoms with Crippen LogP contribution in [0.3, 0.4) is 0 Å². The largest absolute Gasteiger partial charge is 0.315 e. The van der Waals surface area contributed by atoms with E-state index in [2.05, 4.69) is 16.8 Å². The molecule has 4 heteroatoms. The highest BCUT2D eigenvalue weighted by Crippen LogP contribution is 1.97. The Morgan fingerprint density at radius 2 is 1.73 bits per heavy atom. The van der Waals surface area contributed by atoms with Crippen LogP contribution in [0.5, 0.6) is 0 Å². The van der Waals surface area contributed by atoms with Crippen LogP contribution < -0.4 is 11.5 Å². The fourth-order valence-electron chi connectivity index (χ4n) is 1.33. The van der Waals surface area contributed by atoms with E-state index < -0.39 is 0 Å². The van der Waals surface area contributed by atoms with E-state index in [-0.39, 0.29) is 6.17 Å². The van der Waals surface area contributed by atoms with Crippen molar-refractivity contribution in [2.24, 2.45) is 11.5 Å². The standard InChI is InChI=1S/C7H18N4/c1-10-2-4-11(5-3-10)6-7(8)9/h7H,2-6,8-9H2,1H3. The molecule has 0 amide bonds. The van der Waals surface area contributed by atoms with E-state index in [1.54, 1.807) is 0 Å². The average Bonchev–Trinajstić information content (AvgIpc) is 1.93. The van der Waals surface area contributed by atoms with Crippen molar-refractivity contribution < 1.29 is 0 Å². The predicted octanol–water partition coefficient (Wildman–Crippen LogP) is -1.52. The first-order valence-corrected chi connectivity index (χ1v) is 4.10. The highest BCUT2D eigenvalue weighted by atomic mass is 15.3. The first kappa shape index (κ1) is 8.93. The molecule has 1 aliphatic rings. The minimum Gasteiger partial charge on any atom is -0.315 e. The summed E-state index contributed by atoms with van der Waals surface area (Å²) in [5.74, 6) is 0. The lowest BCUT2D eigenvalue weighted by molar-refractivity contribution is 0.148. The molecular formula is C7H18N4. The number of nitrogens with zero attached hydrogens (tertiary/aromatic N) is 2. The summed E-state index contributed by atoms with van der Waals surface area (Å²) in [6.07, 6.45) is -0.182. The Hall–Kier alpha value is -0.160. The van der Waals surface area contributed by atoms with Gasteiger partial charge in [-0.15, -0.1) is 0 Å². The summed E-state index contributed by atoms with van der Waals surface area (Å²) in [6.45, 7) is 5.29. The summed E-state index contributed by atoms with van der Waals surface area (Å²) in [4.78, 5) is 4.63. The maximum absolute atomic E-state index is 5.48. The lowest BCUT2D eigenvalue weighted by Gasteiger charge is -2.33. The Balaban J connectivity index is 2.17. The molecule has 4 nitrogen and oxygen atoms in total. The first-order valence-electron chi connectivity index (χ1n) is 4.10. The topological polar surface area (TPSA) is 58.5 Å². The first-order chi connectivity index (χ1) is 5.18. The lowest BCUT2D eigenvalue weighted by Crippen LogP contribution is -2.50. The maximum Gasteiger partial charge on any atom is 0.0652 e. The molecule has 0 spiro atoms. The SMILES string of the molecule is CN1CCN(CC(N)N)CC1. The minimum absolute atomic E-state index is 0.182. The summed E-state index contributed by atoms with van der Waals surface area (Å²) in [5.41, 5.74) is 11.0. The van der Waals surface area contributed by atoms with E-state index in [0.29, 0.717) is 0 Å². The Morgan fingerprint density at radius 3 is 2.18 bits per heavy atom. The highest BCUT2D eigenvalue weighted by Gasteiger charge is 2.13. The van der Waals surface area contributed by atoms with Gasteiger partial charge in [0, 0.05) is 32.7 Å². The van der Waals surface area contributed by atoms with Gasteiger partial charge < -0.3 is 16.4 Å². The molecule has 1 rings (SSSR count). The average molecular weight is 158 g/mol. The molecule has 66 valence electrons. The van der Waals surface area contributed by atoms with Crippen molar-refractivity contribution in [3.8, 4) is 0 Å². The van der Waals surface area contributed by atoms with Gasteiger partial charge >= 0.3 is 0 Å². The zero-order valence-corrected chi connectivity index (χ0v) is 7.16. The Labute approximate surface area is 68.1 Å². The molecule has 4 N–H and O–H groups in total. The van der Waals surface area contributed by atoms with Crippen LogP contribution in [0.25, 0.3) is 0 Å². The molecule has 0 aromatic rings. The van der Waals surface area contributed by atoms with E-state index in [1.165, 1.54) is 0 Å². The van der Waals surface area contributed by atoms with Gasteiger partial charge in [-0.2, -0.15) is 0 Å². The second kappa shape index (κ2) is 4.01. The van der Waals surface area contributed by atoms with Crippen LogP contribution in [-0.4, -0.2) is 55.7 Å². The third kappa shape index (κ3) is 3.16. The van der Waals surface area contributed by atoms with Crippen LogP contribution in [-0.2, 0) is 0 Å². The third-order valence-corrected chi connectivity index (χ3v) is 2.06. The molecular weight excluding hydrogens is 140 g/mol. The molecule has 1 aliphatic heterocycles. The van der Waals surface area contributed by atoms with Gasteiger partial charge in [-0.05, 0) is 7.05 Å². The molecule has 1 saturated heterocycles. The quantitative estimate of drug-likeness (QED) is 0.479. The number of rotatable bonds is 2. The van der Waals surface area contributed by atoms with Crippen LogP contribution in [0, 0.1) is 0 Å². The fraction of sp³-hybridized carbons (Fsp3) is 1.00. The van der Waals surface area contributed by atoms with Gasteiger partial charge in [-0.1, -0.05) is 0 Å². The molecule has 1 fully saturated rings. The van der Waals surface area contributed by atoms with Crippen LogP contribution in [0.4, 0.5) is 0 Å². The maximum atomic E-state index is 5.48. The van der Waals surface area contributed by atoms with Crippen molar-refractivity contribution in [2.75, 3.05) is 39.8 Å². The Bertz CT molecular complexity index is 107. The van der Waals surface area contributed by atoms with Crippen LogP contribution in [0.1, 0.15) is 0 Å². The number of piperazine rings is 1. The van der Waals surface area contributed by atoms with Gasteiger partial charge in [-0.3, -0.25) is 4.90 Å². The van der Waals surface area contributed by atoms with E-state index in [0.717, 1.165) is 32.7 Å². The molecule has 0 unspecified atom stereocenters. The summed E-state index contributed by atoms with van der Waals surface area (Å²) < 4.78 is 0. The highest BCUT2D eigenvalue weighted by molar-refractivity contribution is 4.71. The van der Waals surface area contributed by atoms with Gasteiger partial charge in [0.25, 0.3) is 0 Å². The monoisotopic (exact) mass is 158 g/mol. The molecule has 11 heavy (non-hydrogen) atoms. The van der Waals surface area contributed by atoms with E-state index in [1.807, 2.05) is 0 Å². The Morgan fingerprint density at radius 1 is 1.18 bits per heavy atom. The lowest BCUT2D eigenvalue weighted by atomic mass is 10.3.